The van der Waals surface area contributed by atoms with E-state index in [4.69, 9.17) is 0 Å². The fourth-order valence-electron chi connectivity index (χ4n) is 2.29. The number of amides is 2. The van der Waals surface area contributed by atoms with Gasteiger partial charge in [0.15, 0.2) is 0 Å². The third-order valence-electron chi connectivity index (χ3n) is 3.54. The Kier molecular flexibility index (Phi) is 5.27. The van der Waals surface area contributed by atoms with Gasteiger partial charge in [-0.15, -0.1) is 0 Å². The van der Waals surface area contributed by atoms with Gasteiger partial charge in [0.25, 0.3) is 0 Å². The highest BCUT2D eigenvalue weighted by atomic mass is 19.1. The van der Waals surface area contributed by atoms with Gasteiger partial charge in [-0.1, -0.05) is 12.1 Å². The van der Waals surface area contributed by atoms with Crippen LogP contribution in [0.3, 0.4) is 0 Å². The maximum absolute atomic E-state index is 12.9. The molecular formula is C15H20FN3O2. The summed E-state index contributed by atoms with van der Waals surface area (Å²) in [5.74, 6) is -1.45. The zero-order chi connectivity index (χ0) is 15.2. The van der Waals surface area contributed by atoms with Crippen molar-refractivity contribution in [3.63, 3.8) is 0 Å². The van der Waals surface area contributed by atoms with Crippen LogP contribution in [0.25, 0.3) is 0 Å². The second-order valence-corrected chi connectivity index (χ2v) is 5.14. The second kappa shape index (κ2) is 7.17. The van der Waals surface area contributed by atoms with Crippen LogP contribution in [0.4, 0.5) is 4.39 Å². The van der Waals surface area contributed by atoms with E-state index in [1.54, 1.807) is 24.0 Å². The highest BCUT2D eigenvalue weighted by molar-refractivity contribution is 6.35. The summed E-state index contributed by atoms with van der Waals surface area (Å²) in [5.41, 5.74) is 0.759. The molecule has 114 valence electrons. The summed E-state index contributed by atoms with van der Waals surface area (Å²) in [6.07, 6.45) is 0.840. The van der Waals surface area contributed by atoms with E-state index in [0.717, 1.165) is 18.5 Å². The first-order chi connectivity index (χ1) is 10.1. The molecular weight excluding hydrogens is 273 g/mol. The van der Waals surface area contributed by atoms with Crippen molar-refractivity contribution in [1.29, 1.82) is 0 Å². The van der Waals surface area contributed by atoms with Crippen LogP contribution in [-0.2, 0) is 9.59 Å². The van der Waals surface area contributed by atoms with Gasteiger partial charge in [-0.25, -0.2) is 4.39 Å². The van der Waals surface area contributed by atoms with Crippen molar-refractivity contribution in [2.24, 2.45) is 0 Å². The maximum Gasteiger partial charge on any atom is 0.311 e. The number of rotatable bonds is 2. The average molecular weight is 293 g/mol. The molecule has 6 heteroatoms. The highest BCUT2D eigenvalue weighted by Crippen LogP contribution is 2.12. The first-order valence-electron chi connectivity index (χ1n) is 7.14. The van der Waals surface area contributed by atoms with E-state index in [0.29, 0.717) is 19.6 Å². The van der Waals surface area contributed by atoms with Gasteiger partial charge in [-0.05, 0) is 37.6 Å². The van der Waals surface area contributed by atoms with Gasteiger partial charge < -0.3 is 15.5 Å². The molecule has 1 aromatic rings. The summed E-state index contributed by atoms with van der Waals surface area (Å²) < 4.78 is 12.9. The lowest BCUT2D eigenvalue weighted by molar-refractivity contribution is -0.146. The van der Waals surface area contributed by atoms with Crippen LogP contribution in [0.1, 0.15) is 24.9 Å². The molecule has 1 aliphatic rings. The first kappa shape index (κ1) is 15.4. The molecule has 1 aliphatic heterocycles. The topological polar surface area (TPSA) is 61.4 Å². The van der Waals surface area contributed by atoms with E-state index < -0.39 is 11.8 Å². The zero-order valence-electron chi connectivity index (χ0n) is 12.1. The first-order valence-corrected chi connectivity index (χ1v) is 7.14. The van der Waals surface area contributed by atoms with Gasteiger partial charge in [0.1, 0.15) is 5.82 Å². The number of carbonyl (C=O) groups excluding carboxylic acids is 2. The summed E-state index contributed by atoms with van der Waals surface area (Å²) in [4.78, 5) is 25.7. The van der Waals surface area contributed by atoms with E-state index in [1.807, 2.05) is 0 Å². The Balaban J connectivity index is 1.93. The lowest BCUT2D eigenvalue weighted by atomic mass is 10.1. The predicted molar refractivity (Wildman–Crippen MR) is 77.0 cm³/mol. The Morgan fingerprint density at radius 1 is 1.24 bits per heavy atom. The van der Waals surface area contributed by atoms with Gasteiger partial charge in [0, 0.05) is 19.6 Å². The average Bonchev–Trinajstić information content (AvgIpc) is 2.76. The quantitative estimate of drug-likeness (QED) is 0.794. The van der Waals surface area contributed by atoms with Gasteiger partial charge in [0.2, 0.25) is 0 Å². The maximum atomic E-state index is 12.9. The summed E-state index contributed by atoms with van der Waals surface area (Å²) in [5, 5.41) is 5.84. The molecule has 1 saturated heterocycles. The third kappa shape index (κ3) is 4.26. The molecule has 21 heavy (non-hydrogen) atoms. The number of nitrogens with zero attached hydrogens (tertiary/aromatic N) is 1. The standard InChI is InChI=1S/C15H20FN3O2/c1-11(12-3-5-13(16)6-4-12)18-14(20)15(21)19-9-2-7-17-8-10-19/h3-6,11,17H,2,7-10H2,1H3,(H,18,20). The van der Waals surface area contributed by atoms with Crippen LogP contribution in [-0.4, -0.2) is 42.9 Å². The Morgan fingerprint density at radius 3 is 2.67 bits per heavy atom. The van der Waals surface area contributed by atoms with Crippen molar-refractivity contribution in [1.82, 2.24) is 15.5 Å². The molecule has 0 radical (unpaired) electrons. The number of nitrogens with one attached hydrogen (secondary N) is 2. The highest BCUT2D eigenvalue weighted by Gasteiger charge is 2.23. The Hall–Kier alpha value is -1.95. The molecule has 0 bridgehead atoms. The number of carbonyl (C=O) groups is 2. The van der Waals surface area contributed by atoms with Gasteiger partial charge in [0.05, 0.1) is 6.04 Å². The minimum Gasteiger partial charge on any atom is -0.341 e. The summed E-state index contributed by atoms with van der Waals surface area (Å²) in [6, 6.07) is 5.52. The van der Waals surface area contributed by atoms with Crippen molar-refractivity contribution < 1.29 is 14.0 Å². The van der Waals surface area contributed by atoms with Gasteiger partial charge in [-0.3, -0.25) is 9.59 Å². The van der Waals surface area contributed by atoms with E-state index in [9.17, 15) is 14.0 Å². The SMILES string of the molecule is CC(NC(=O)C(=O)N1CCCNCC1)c1ccc(F)cc1. The molecule has 0 saturated carbocycles. The lowest BCUT2D eigenvalue weighted by Gasteiger charge is -2.21. The normalized spacial score (nSPS) is 17.0. The molecule has 5 nitrogen and oxygen atoms in total. The Bertz CT molecular complexity index is 496. The van der Waals surface area contributed by atoms with Crippen molar-refractivity contribution in [3.8, 4) is 0 Å². The molecule has 1 atom stereocenters. The Morgan fingerprint density at radius 2 is 1.95 bits per heavy atom. The lowest BCUT2D eigenvalue weighted by Crippen LogP contribution is -2.45. The third-order valence-corrected chi connectivity index (χ3v) is 3.54. The fourth-order valence-corrected chi connectivity index (χ4v) is 2.29. The monoisotopic (exact) mass is 293 g/mol. The molecule has 1 unspecified atom stereocenters. The van der Waals surface area contributed by atoms with Gasteiger partial charge in [-0.2, -0.15) is 0 Å². The van der Waals surface area contributed by atoms with Crippen LogP contribution in [0, 0.1) is 5.82 Å². The summed E-state index contributed by atoms with van der Waals surface area (Å²) in [7, 11) is 0. The van der Waals surface area contributed by atoms with Crippen LogP contribution < -0.4 is 10.6 Å². The van der Waals surface area contributed by atoms with E-state index >= 15 is 0 Å². The minimum absolute atomic E-state index is 0.328. The van der Waals surface area contributed by atoms with Gasteiger partial charge >= 0.3 is 11.8 Å². The molecule has 0 aliphatic carbocycles. The molecule has 1 fully saturated rings. The molecule has 2 rings (SSSR count). The molecule has 2 N–H and O–H groups in total. The number of halogens is 1. The fraction of sp³-hybridized carbons (Fsp3) is 0.467. The van der Waals surface area contributed by atoms with Crippen LogP contribution in [0.2, 0.25) is 0 Å². The largest absolute Gasteiger partial charge is 0.341 e. The van der Waals surface area contributed by atoms with E-state index in [-0.39, 0.29) is 11.9 Å². The Labute approximate surface area is 123 Å². The molecule has 0 spiro atoms. The molecule has 1 aromatic carbocycles. The second-order valence-electron chi connectivity index (χ2n) is 5.14. The molecule has 2 amide bonds. The van der Waals surface area contributed by atoms with Crippen molar-refractivity contribution in [2.45, 2.75) is 19.4 Å². The van der Waals surface area contributed by atoms with E-state index in [1.165, 1.54) is 12.1 Å². The minimum atomic E-state index is -0.617. The van der Waals surface area contributed by atoms with Crippen LogP contribution in [0.5, 0.6) is 0 Å². The summed E-state index contributed by atoms with van der Waals surface area (Å²) in [6.45, 7) is 4.45. The van der Waals surface area contributed by atoms with Crippen molar-refractivity contribution >= 4 is 11.8 Å². The number of hydrogen-bond donors (Lipinski definition) is 2. The van der Waals surface area contributed by atoms with Crippen LogP contribution in [0.15, 0.2) is 24.3 Å². The zero-order valence-corrected chi connectivity index (χ0v) is 12.1. The van der Waals surface area contributed by atoms with Crippen molar-refractivity contribution in [3.05, 3.63) is 35.6 Å². The number of benzene rings is 1. The van der Waals surface area contributed by atoms with Crippen molar-refractivity contribution in [2.75, 3.05) is 26.2 Å². The van der Waals surface area contributed by atoms with Crippen LogP contribution >= 0.6 is 0 Å². The predicted octanol–water partition coefficient (Wildman–Crippen LogP) is 0.825. The molecule has 0 aromatic heterocycles. The summed E-state index contributed by atoms with van der Waals surface area (Å²) >= 11 is 0. The van der Waals surface area contributed by atoms with E-state index in [2.05, 4.69) is 10.6 Å². The smallest absolute Gasteiger partial charge is 0.311 e. The number of hydrogen-bond acceptors (Lipinski definition) is 3. The molecule has 1 heterocycles.